The highest BCUT2D eigenvalue weighted by Crippen LogP contribution is 2.23. The quantitative estimate of drug-likeness (QED) is 0.646. The molecule has 0 unspecified atom stereocenters. The fourth-order valence-corrected chi connectivity index (χ4v) is 5.12. The minimum absolute atomic E-state index is 0.0308. The van der Waals surface area contributed by atoms with Crippen molar-refractivity contribution in [1.82, 2.24) is 5.32 Å². The predicted molar refractivity (Wildman–Crippen MR) is 131 cm³/mol. The minimum Gasteiger partial charge on any atom is -0.371 e. The lowest BCUT2D eigenvalue weighted by atomic mass is 10.0. The van der Waals surface area contributed by atoms with E-state index in [1.165, 1.54) is 0 Å². The second-order valence-corrected chi connectivity index (χ2v) is 10.8. The van der Waals surface area contributed by atoms with Crippen LogP contribution in [0.5, 0.6) is 0 Å². The van der Waals surface area contributed by atoms with Crippen molar-refractivity contribution in [2.24, 2.45) is 0 Å². The first-order valence-corrected chi connectivity index (χ1v) is 13.2. The van der Waals surface area contributed by atoms with Crippen LogP contribution in [0.15, 0.2) is 53.4 Å². The molecule has 0 saturated carbocycles. The van der Waals surface area contributed by atoms with Crippen LogP contribution >= 0.6 is 0 Å². The molecule has 1 aliphatic rings. The normalized spacial score (nSPS) is 15.1. The average molecular weight is 458 g/mol. The van der Waals surface area contributed by atoms with Crippen LogP contribution in [0.4, 0.5) is 11.4 Å². The van der Waals surface area contributed by atoms with Crippen molar-refractivity contribution in [3.05, 3.63) is 54.1 Å². The van der Waals surface area contributed by atoms with Gasteiger partial charge in [0.2, 0.25) is 0 Å². The van der Waals surface area contributed by atoms with Gasteiger partial charge in [0, 0.05) is 48.7 Å². The van der Waals surface area contributed by atoms with E-state index in [4.69, 9.17) is 0 Å². The molecule has 0 spiro atoms. The van der Waals surface area contributed by atoms with E-state index in [1.54, 1.807) is 19.1 Å². The second-order valence-electron chi connectivity index (χ2n) is 8.56. The molecule has 1 fully saturated rings. The molecule has 1 amide bonds. The maximum absolute atomic E-state index is 12.7. The van der Waals surface area contributed by atoms with Gasteiger partial charge in [0.15, 0.2) is 9.84 Å². The molecule has 1 heterocycles. The zero-order valence-electron chi connectivity index (χ0n) is 19.5. The van der Waals surface area contributed by atoms with Crippen LogP contribution in [0.25, 0.3) is 0 Å². The van der Waals surface area contributed by atoms with Crippen LogP contribution in [0.1, 0.15) is 50.9 Å². The molecule has 0 radical (unpaired) electrons. The fourth-order valence-electron chi connectivity index (χ4n) is 4.23. The highest BCUT2D eigenvalue weighted by Gasteiger charge is 2.22. The molecule has 174 valence electrons. The number of nitrogens with one attached hydrogen (secondary N) is 1. The molecule has 3 rings (SSSR count). The van der Waals surface area contributed by atoms with E-state index >= 15 is 0 Å². The molecule has 2 aromatic carbocycles. The smallest absolute Gasteiger partial charge is 0.251 e. The minimum atomic E-state index is -3.18. The summed E-state index contributed by atoms with van der Waals surface area (Å²) in [6, 6.07) is 15.5. The van der Waals surface area contributed by atoms with E-state index in [-0.39, 0.29) is 17.7 Å². The van der Waals surface area contributed by atoms with E-state index in [9.17, 15) is 13.2 Å². The number of rotatable bonds is 8. The van der Waals surface area contributed by atoms with Gasteiger partial charge in [0.25, 0.3) is 5.91 Å². The largest absolute Gasteiger partial charge is 0.371 e. The van der Waals surface area contributed by atoms with Gasteiger partial charge < -0.3 is 15.1 Å². The number of carbonyl (C=O) groups excluding carboxylic acids is 1. The Bertz CT molecular complexity index is 994. The molecule has 1 saturated heterocycles. The Balaban J connectivity index is 1.54. The van der Waals surface area contributed by atoms with E-state index in [0.29, 0.717) is 16.5 Å². The molecule has 1 aliphatic heterocycles. The number of piperidine rings is 1. The van der Waals surface area contributed by atoms with Crippen molar-refractivity contribution in [3.8, 4) is 0 Å². The Morgan fingerprint density at radius 1 is 1.03 bits per heavy atom. The monoisotopic (exact) mass is 457 g/mol. The van der Waals surface area contributed by atoms with Crippen molar-refractivity contribution < 1.29 is 13.2 Å². The summed E-state index contributed by atoms with van der Waals surface area (Å²) in [4.78, 5) is 17.6. The third kappa shape index (κ3) is 5.63. The summed E-state index contributed by atoms with van der Waals surface area (Å²) in [6.07, 6.45) is 1.71. The number of anilines is 2. The highest BCUT2D eigenvalue weighted by atomic mass is 32.2. The zero-order valence-corrected chi connectivity index (χ0v) is 20.4. The van der Waals surface area contributed by atoms with E-state index in [0.717, 1.165) is 43.9 Å². The molecule has 7 heteroatoms. The summed E-state index contributed by atoms with van der Waals surface area (Å²) < 4.78 is 24.0. The first-order chi connectivity index (χ1) is 15.2. The van der Waals surface area contributed by atoms with Crippen LogP contribution in [0, 0.1) is 0 Å². The lowest BCUT2D eigenvalue weighted by Gasteiger charge is -2.34. The number of carbonyl (C=O) groups is 1. The van der Waals surface area contributed by atoms with Crippen molar-refractivity contribution in [2.75, 3.05) is 35.2 Å². The van der Waals surface area contributed by atoms with Crippen molar-refractivity contribution >= 4 is 27.1 Å². The van der Waals surface area contributed by atoms with Gasteiger partial charge in [0.1, 0.15) is 0 Å². The van der Waals surface area contributed by atoms with E-state index < -0.39 is 9.84 Å². The SMILES string of the molecule is CCN(c1ccc(C(=O)NC2CCN(c3ccc(S(=O)(=O)CC)cc3)CC2)cc1)C(C)C. The number of sulfone groups is 1. The maximum Gasteiger partial charge on any atom is 0.251 e. The topological polar surface area (TPSA) is 69.7 Å². The van der Waals surface area contributed by atoms with Crippen LogP contribution in [-0.4, -0.2) is 51.8 Å². The van der Waals surface area contributed by atoms with Crippen molar-refractivity contribution in [2.45, 2.75) is 57.5 Å². The van der Waals surface area contributed by atoms with Crippen molar-refractivity contribution in [3.63, 3.8) is 0 Å². The first-order valence-electron chi connectivity index (χ1n) is 11.5. The van der Waals surface area contributed by atoms with Gasteiger partial charge in [-0.05, 0) is 82.1 Å². The van der Waals surface area contributed by atoms with Gasteiger partial charge in [-0.1, -0.05) is 6.92 Å². The van der Waals surface area contributed by atoms with Gasteiger partial charge in [-0.25, -0.2) is 8.42 Å². The van der Waals surface area contributed by atoms with Gasteiger partial charge in [-0.3, -0.25) is 4.79 Å². The van der Waals surface area contributed by atoms with Crippen LogP contribution < -0.4 is 15.1 Å². The molecule has 0 aliphatic carbocycles. The molecule has 32 heavy (non-hydrogen) atoms. The standard InChI is InChI=1S/C25H35N3O3S/c1-5-28(19(3)4)23-9-7-20(8-10-23)25(29)26-21-15-17-27(18-16-21)22-11-13-24(14-12-22)32(30,31)6-2/h7-14,19,21H,5-6,15-18H2,1-4H3,(H,26,29). The lowest BCUT2D eigenvalue weighted by molar-refractivity contribution is 0.0931. The summed E-state index contributed by atoms with van der Waals surface area (Å²) in [7, 11) is -3.18. The third-order valence-corrected chi connectivity index (χ3v) is 7.95. The number of hydrogen-bond donors (Lipinski definition) is 1. The molecular formula is C25H35N3O3S. The van der Waals surface area contributed by atoms with Crippen LogP contribution in [0.3, 0.4) is 0 Å². The molecular weight excluding hydrogens is 422 g/mol. The van der Waals surface area contributed by atoms with Gasteiger partial charge in [-0.2, -0.15) is 0 Å². The molecule has 1 N–H and O–H groups in total. The summed E-state index contributed by atoms with van der Waals surface area (Å²) in [6.45, 7) is 10.7. The summed E-state index contributed by atoms with van der Waals surface area (Å²) in [5.41, 5.74) is 2.83. The summed E-state index contributed by atoms with van der Waals surface area (Å²) >= 11 is 0. The maximum atomic E-state index is 12.7. The second kappa shape index (κ2) is 10.4. The predicted octanol–water partition coefficient (Wildman–Crippen LogP) is 4.11. The zero-order chi connectivity index (χ0) is 23.3. The first kappa shape index (κ1) is 24.1. The van der Waals surface area contributed by atoms with Gasteiger partial charge in [-0.15, -0.1) is 0 Å². The fraction of sp³-hybridized carbons (Fsp3) is 0.480. The Morgan fingerprint density at radius 3 is 2.12 bits per heavy atom. The summed E-state index contributed by atoms with van der Waals surface area (Å²) in [5.74, 6) is 0.0751. The average Bonchev–Trinajstić information content (AvgIpc) is 2.80. The van der Waals surface area contributed by atoms with Crippen LogP contribution in [-0.2, 0) is 9.84 Å². The highest BCUT2D eigenvalue weighted by molar-refractivity contribution is 7.91. The van der Waals surface area contributed by atoms with Crippen molar-refractivity contribution in [1.29, 1.82) is 0 Å². The number of benzene rings is 2. The molecule has 0 aromatic heterocycles. The van der Waals surface area contributed by atoms with Crippen LogP contribution in [0.2, 0.25) is 0 Å². The Hall–Kier alpha value is -2.54. The molecule has 2 aromatic rings. The summed E-state index contributed by atoms with van der Waals surface area (Å²) in [5, 5.41) is 3.17. The number of hydrogen-bond acceptors (Lipinski definition) is 5. The van der Waals surface area contributed by atoms with Gasteiger partial charge >= 0.3 is 0 Å². The number of amides is 1. The Labute approximate surface area is 192 Å². The van der Waals surface area contributed by atoms with E-state index in [2.05, 4.69) is 35.9 Å². The Kier molecular flexibility index (Phi) is 7.82. The van der Waals surface area contributed by atoms with Gasteiger partial charge in [0.05, 0.1) is 10.6 Å². The third-order valence-electron chi connectivity index (χ3n) is 6.20. The van der Waals surface area contributed by atoms with E-state index in [1.807, 2.05) is 36.4 Å². The number of nitrogens with zero attached hydrogens (tertiary/aromatic N) is 2. The molecule has 6 nitrogen and oxygen atoms in total. The Morgan fingerprint density at radius 2 is 1.62 bits per heavy atom. The lowest BCUT2D eigenvalue weighted by Crippen LogP contribution is -2.44. The molecule has 0 atom stereocenters. The molecule has 0 bridgehead atoms.